The van der Waals surface area contributed by atoms with Gasteiger partial charge in [0.1, 0.15) is 5.82 Å². The summed E-state index contributed by atoms with van der Waals surface area (Å²) in [5, 5.41) is 3.09. The number of hydrogen-bond donors (Lipinski definition) is 1. The third-order valence-corrected chi connectivity index (χ3v) is 3.96. The Kier molecular flexibility index (Phi) is 6.65. The van der Waals surface area contributed by atoms with Crippen molar-refractivity contribution in [2.75, 3.05) is 31.7 Å². The molecule has 0 unspecified atom stereocenters. The number of anilines is 1. The molecule has 1 atom stereocenters. The van der Waals surface area contributed by atoms with Crippen molar-refractivity contribution in [3.63, 3.8) is 0 Å². The van der Waals surface area contributed by atoms with E-state index in [1.807, 2.05) is 6.07 Å². The fourth-order valence-corrected chi connectivity index (χ4v) is 2.83. The summed E-state index contributed by atoms with van der Waals surface area (Å²) in [6.07, 6.45) is 4.28. The van der Waals surface area contributed by atoms with Gasteiger partial charge in [0, 0.05) is 45.0 Å². The Morgan fingerprint density at radius 3 is 3.09 bits per heavy atom. The van der Waals surface area contributed by atoms with Gasteiger partial charge in [0.2, 0.25) is 5.91 Å². The second kappa shape index (κ2) is 8.73. The Hall–Kier alpha value is -1.62. The summed E-state index contributed by atoms with van der Waals surface area (Å²) in [4.78, 5) is 14.1. The number of carbonyl (C=O) groups is 1. The molecule has 22 heavy (non-hydrogen) atoms. The number of rotatable bonds is 7. The van der Waals surface area contributed by atoms with E-state index in [4.69, 9.17) is 4.74 Å². The normalized spacial score (nSPS) is 18.3. The maximum absolute atomic E-state index is 13.3. The van der Waals surface area contributed by atoms with Crippen LogP contribution in [0.15, 0.2) is 24.3 Å². The first-order valence-electron chi connectivity index (χ1n) is 7.98. The van der Waals surface area contributed by atoms with Gasteiger partial charge in [-0.25, -0.2) is 4.39 Å². The Bertz CT molecular complexity index is 481. The molecular weight excluding hydrogens is 283 g/mol. The molecule has 1 fully saturated rings. The Morgan fingerprint density at radius 2 is 2.32 bits per heavy atom. The van der Waals surface area contributed by atoms with E-state index in [0.29, 0.717) is 13.0 Å². The lowest BCUT2D eigenvalue weighted by Crippen LogP contribution is -2.47. The van der Waals surface area contributed by atoms with E-state index >= 15 is 0 Å². The van der Waals surface area contributed by atoms with E-state index in [-0.39, 0.29) is 17.8 Å². The molecule has 1 aromatic carbocycles. The number of hydrogen-bond acceptors (Lipinski definition) is 3. The van der Waals surface area contributed by atoms with E-state index in [1.54, 1.807) is 19.2 Å². The molecule has 5 heteroatoms. The van der Waals surface area contributed by atoms with Gasteiger partial charge in [0.15, 0.2) is 0 Å². The number of carbonyl (C=O) groups excluding carboxylic acids is 1. The molecule has 0 aliphatic carbocycles. The predicted molar refractivity (Wildman–Crippen MR) is 85.5 cm³/mol. The molecule has 0 aromatic heterocycles. The van der Waals surface area contributed by atoms with Crippen molar-refractivity contribution in [1.82, 2.24) is 5.32 Å². The van der Waals surface area contributed by atoms with Gasteiger partial charge in [-0.05, 0) is 43.9 Å². The zero-order chi connectivity index (χ0) is 15.8. The summed E-state index contributed by atoms with van der Waals surface area (Å²) in [6, 6.07) is 6.79. The molecule has 0 spiro atoms. The molecule has 1 N–H and O–H groups in total. The van der Waals surface area contributed by atoms with E-state index in [1.165, 1.54) is 6.07 Å². The van der Waals surface area contributed by atoms with Crippen LogP contribution < -0.4 is 10.2 Å². The van der Waals surface area contributed by atoms with Gasteiger partial charge in [-0.15, -0.1) is 0 Å². The van der Waals surface area contributed by atoms with Crippen molar-refractivity contribution < 1.29 is 13.9 Å². The Balaban J connectivity index is 1.79. The summed E-state index contributed by atoms with van der Waals surface area (Å²) in [7, 11) is 1.67. The maximum atomic E-state index is 13.3. The van der Waals surface area contributed by atoms with Gasteiger partial charge in [-0.2, -0.15) is 0 Å². The summed E-state index contributed by atoms with van der Waals surface area (Å²) in [5.41, 5.74) is 0.888. The summed E-state index contributed by atoms with van der Waals surface area (Å²) in [6.45, 7) is 2.35. The summed E-state index contributed by atoms with van der Waals surface area (Å²) < 4.78 is 18.3. The van der Waals surface area contributed by atoms with Gasteiger partial charge in [-0.1, -0.05) is 6.07 Å². The standard InChI is InChI=1S/C17H25FN2O2/c1-22-11-3-2-9-17(21)19-15-7-5-10-20(13-15)16-8-4-6-14(18)12-16/h4,6,8,12,15H,2-3,5,7,9-11,13H2,1H3,(H,19,21)/t15-/m1/s1. The topological polar surface area (TPSA) is 41.6 Å². The van der Waals surface area contributed by atoms with Gasteiger partial charge < -0.3 is 15.0 Å². The molecule has 0 bridgehead atoms. The first-order valence-corrected chi connectivity index (χ1v) is 7.98. The SMILES string of the molecule is COCCCCC(=O)N[C@@H]1CCCN(c2cccc(F)c2)C1. The highest BCUT2D eigenvalue weighted by Gasteiger charge is 2.21. The van der Waals surface area contributed by atoms with Crippen LogP contribution in [-0.2, 0) is 9.53 Å². The van der Waals surface area contributed by atoms with Gasteiger partial charge in [-0.3, -0.25) is 4.79 Å². The Labute approximate surface area is 131 Å². The van der Waals surface area contributed by atoms with Crippen molar-refractivity contribution in [3.05, 3.63) is 30.1 Å². The van der Waals surface area contributed by atoms with Crippen molar-refractivity contribution in [1.29, 1.82) is 0 Å². The lowest BCUT2D eigenvalue weighted by molar-refractivity contribution is -0.122. The van der Waals surface area contributed by atoms with Crippen LogP contribution in [0.1, 0.15) is 32.1 Å². The summed E-state index contributed by atoms with van der Waals surface area (Å²) >= 11 is 0. The highest BCUT2D eigenvalue weighted by atomic mass is 19.1. The quantitative estimate of drug-likeness (QED) is 0.788. The smallest absolute Gasteiger partial charge is 0.220 e. The number of unbranched alkanes of at least 4 members (excludes halogenated alkanes) is 1. The zero-order valence-corrected chi connectivity index (χ0v) is 13.2. The van der Waals surface area contributed by atoms with Crippen LogP contribution in [0.3, 0.4) is 0 Å². The van der Waals surface area contributed by atoms with Gasteiger partial charge in [0.05, 0.1) is 0 Å². The zero-order valence-electron chi connectivity index (χ0n) is 13.2. The minimum Gasteiger partial charge on any atom is -0.385 e. The average Bonchev–Trinajstić information content (AvgIpc) is 2.52. The van der Waals surface area contributed by atoms with Crippen molar-refractivity contribution >= 4 is 11.6 Å². The molecule has 4 nitrogen and oxygen atoms in total. The number of methoxy groups -OCH3 is 1. The minimum atomic E-state index is -0.221. The highest BCUT2D eigenvalue weighted by molar-refractivity contribution is 5.76. The largest absolute Gasteiger partial charge is 0.385 e. The van der Waals surface area contributed by atoms with Crippen molar-refractivity contribution in [2.45, 2.75) is 38.1 Å². The molecule has 0 radical (unpaired) electrons. The number of nitrogens with one attached hydrogen (secondary N) is 1. The van der Waals surface area contributed by atoms with Gasteiger partial charge >= 0.3 is 0 Å². The van der Waals surface area contributed by atoms with Crippen LogP contribution in [0.4, 0.5) is 10.1 Å². The van der Waals surface area contributed by atoms with E-state index in [2.05, 4.69) is 10.2 Å². The molecule has 1 aliphatic heterocycles. The van der Waals surface area contributed by atoms with Crippen LogP contribution in [0.25, 0.3) is 0 Å². The second-order valence-electron chi connectivity index (χ2n) is 5.78. The van der Waals surface area contributed by atoms with E-state index in [9.17, 15) is 9.18 Å². The summed E-state index contributed by atoms with van der Waals surface area (Å²) in [5.74, 6) is -0.121. The molecule has 1 aromatic rings. The number of benzene rings is 1. The molecule has 1 heterocycles. The first kappa shape index (κ1) is 16.7. The maximum Gasteiger partial charge on any atom is 0.220 e. The van der Waals surface area contributed by atoms with Crippen LogP contribution in [0.5, 0.6) is 0 Å². The van der Waals surface area contributed by atoms with Crippen LogP contribution >= 0.6 is 0 Å². The second-order valence-corrected chi connectivity index (χ2v) is 5.78. The van der Waals surface area contributed by atoms with Crippen molar-refractivity contribution in [2.24, 2.45) is 0 Å². The van der Waals surface area contributed by atoms with Crippen LogP contribution in [0, 0.1) is 5.82 Å². The van der Waals surface area contributed by atoms with Crippen LogP contribution in [0.2, 0.25) is 0 Å². The highest BCUT2D eigenvalue weighted by Crippen LogP contribution is 2.20. The number of ether oxygens (including phenoxy) is 1. The third-order valence-electron chi connectivity index (χ3n) is 3.96. The fourth-order valence-electron chi connectivity index (χ4n) is 2.83. The molecule has 1 saturated heterocycles. The molecular formula is C17H25FN2O2. The lowest BCUT2D eigenvalue weighted by Gasteiger charge is -2.34. The molecule has 0 saturated carbocycles. The fraction of sp³-hybridized carbons (Fsp3) is 0.588. The third kappa shape index (κ3) is 5.30. The first-order chi connectivity index (χ1) is 10.7. The number of nitrogens with zero attached hydrogens (tertiary/aromatic N) is 1. The molecule has 1 amide bonds. The molecule has 122 valence electrons. The monoisotopic (exact) mass is 308 g/mol. The van der Waals surface area contributed by atoms with E-state index in [0.717, 1.165) is 44.5 Å². The molecule has 2 rings (SSSR count). The average molecular weight is 308 g/mol. The van der Waals surface area contributed by atoms with Crippen molar-refractivity contribution in [3.8, 4) is 0 Å². The van der Waals surface area contributed by atoms with Crippen LogP contribution in [-0.4, -0.2) is 38.8 Å². The predicted octanol–water partition coefficient (Wildman–Crippen LogP) is 2.73. The number of piperidine rings is 1. The molecule has 1 aliphatic rings. The number of amides is 1. The lowest BCUT2D eigenvalue weighted by atomic mass is 10.0. The number of halogens is 1. The van der Waals surface area contributed by atoms with E-state index < -0.39 is 0 Å². The Morgan fingerprint density at radius 1 is 1.45 bits per heavy atom. The minimum absolute atomic E-state index is 0.0993. The van der Waals surface area contributed by atoms with Gasteiger partial charge in [0.25, 0.3) is 0 Å².